The number of amides is 1. The second-order valence-corrected chi connectivity index (χ2v) is 9.29. The number of rotatable bonds is 6. The van der Waals surface area contributed by atoms with Crippen LogP contribution in [0.25, 0.3) is 21.8 Å². The number of ether oxygens (including phenoxy) is 1. The van der Waals surface area contributed by atoms with Crippen LogP contribution in [0.1, 0.15) is 18.5 Å². The van der Waals surface area contributed by atoms with Crippen molar-refractivity contribution in [2.24, 2.45) is 0 Å². The zero-order valence-corrected chi connectivity index (χ0v) is 19.8. The minimum absolute atomic E-state index is 0.152. The lowest BCUT2D eigenvalue weighted by atomic mass is 10.0. The third-order valence-corrected chi connectivity index (χ3v) is 6.97. The van der Waals surface area contributed by atoms with Gasteiger partial charge in [-0.2, -0.15) is 0 Å². The molecule has 0 saturated carbocycles. The maximum atomic E-state index is 14.4. The molecule has 4 aromatic rings. The Balaban J connectivity index is 1.08. The van der Waals surface area contributed by atoms with Crippen LogP contribution in [0, 0.1) is 11.6 Å². The third-order valence-electron chi connectivity index (χ3n) is 6.97. The van der Waals surface area contributed by atoms with E-state index in [0.29, 0.717) is 29.4 Å². The molecule has 5 heterocycles. The Labute approximate surface area is 209 Å². The van der Waals surface area contributed by atoms with Crippen molar-refractivity contribution in [3.63, 3.8) is 0 Å². The summed E-state index contributed by atoms with van der Waals surface area (Å²) in [4.78, 5) is 31.0. The van der Waals surface area contributed by atoms with Crippen LogP contribution in [-0.2, 0) is 17.9 Å². The first-order valence-corrected chi connectivity index (χ1v) is 12.1. The van der Waals surface area contributed by atoms with Gasteiger partial charge < -0.3 is 29.4 Å². The molecule has 2 aliphatic rings. The van der Waals surface area contributed by atoms with Gasteiger partial charge >= 0.3 is 0 Å². The van der Waals surface area contributed by atoms with E-state index in [1.807, 2.05) is 0 Å². The summed E-state index contributed by atoms with van der Waals surface area (Å²) >= 11 is 0. The fourth-order valence-corrected chi connectivity index (χ4v) is 4.99. The molecule has 3 aromatic heterocycles. The molecular weight excluding hydrogens is 486 g/mol. The summed E-state index contributed by atoms with van der Waals surface area (Å²) in [6.07, 6.45) is 3.08. The molecular formula is C25H24F2N6O4. The molecule has 1 saturated heterocycles. The van der Waals surface area contributed by atoms with E-state index in [-0.39, 0.29) is 53.4 Å². The topological polar surface area (TPSA) is 115 Å². The number of benzene rings is 1. The van der Waals surface area contributed by atoms with Gasteiger partial charge in [0.15, 0.2) is 23.7 Å². The van der Waals surface area contributed by atoms with Gasteiger partial charge in [0.25, 0.3) is 11.5 Å². The van der Waals surface area contributed by atoms with Crippen molar-refractivity contribution in [2.45, 2.75) is 32.0 Å². The van der Waals surface area contributed by atoms with Crippen molar-refractivity contribution >= 4 is 33.5 Å². The molecule has 0 unspecified atom stereocenters. The molecule has 37 heavy (non-hydrogen) atoms. The number of piperidine rings is 1. The highest BCUT2D eigenvalue weighted by Gasteiger charge is 2.23. The Morgan fingerprint density at radius 3 is 2.78 bits per heavy atom. The highest BCUT2D eigenvalue weighted by atomic mass is 19.1. The molecule has 1 aromatic carbocycles. The molecule has 10 nitrogen and oxygen atoms in total. The minimum atomic E-state index is -0.488. The number of likely N-dealkylation sites (tertiary alicyclic amines) is 1. The molecule has 2 aliphatic heterocycles. The Kier molecular flexibility index (Phi) is 6.05. The Bertz CT molecular complexity index is 1560. The number of carbonyl (C=O) groups excluding carboxylic acids is 1. The van der Waals surface area contributed by atoms with Crippen LogP contribution >= 0.6 is 0 Å². The van der Waals surface area contributed by atoms with Crippen LogP contribution in [0.3, 0.4) is 0 Å². The molecule has 6 rings (SSSR count). The molecule has 0 spiro atoms. The van der Waals surface area contributed by atoms with Crippen LogP contribution in [0.15, 0.2) is 39.8 Å². The lowest BCUT2D eigenvalue weighted by Gasteiger charge is -2.32. The number of hydrogen-bond acceptors (Lipinski definition) is 8. The Hall–Kier alpha value is -3.90. The van der Waals surface area contributed by atoms with Gasteiger partial charge in [-0.1, -0.05) is 5.16 Å². The van der Waals surface area contributed by atoms with Gasteiger partial charge in [-0.15, -0.1) is 0 Å². The van der Waals surface area contributed by atoms with Gasteiger partial charge in [0.05, 0.1) is 16.6 Å². The largest absolute Gasteiger partial charge is 0.480 e. The van der Waals surface area contributed by atoms with Crippen LogP contribution < -0.4 is 20.9 Å². The van der Waals surface area contributed by atoms with Gasteiger partial charge in [-0.25, -0.2) is 13.8 Å². The fraction of sp³-hybridized carbons (Fsp3) is 0.360. The van der Waals surface area contributed by atoms with Crippen molar-refractivity contribution in [3.8, 4) is 5.75 Å². The smallest absolute Gasteiger partial charge is 0.281 e. The van der Waals surface area contributed by atoms with Crippen LogP contribution in [0.2, 0.25) is 0 Å². The average molecular weight is 511 g/mol. The minimum Gasteiger partial charge on any atom is -0.480 e. The highest BCUT2D eigenvalue weighted by molar-refractivity contribution is 6.03. The number of aromatic nitrogens is 3. The molecule has 0 bridgehead atoms. The first-order valence-electron chi connectivity index (χ1n) is 12.1. The second-order valence-electron chi connectivity index (χ2n) is 9.29. The van der Waals surface area contributed by atoms with Gasteiger partial charge in [-0.05, 0) is 44.1 Å². The van der Waals surface area contributed by atoms with E-state index in [4.69, 9.17) is 9.26 Å². The van der Waals surface area contributed by atoms with Gasteiger partial charge in [-0.3, -0.25) is 9.59 Å². The zero-order chi connectivity index (χ0) is 25.5. The lowest BCUT2D eigenvalue weighted by molar-refractivity contribution is -0.118. The number of anilines is 1. The summed E-state index contributed by atoms with van der Waals surface area (Å²) in [7, 11) is 0. The average Bonchev–Trinajstić information content (AvgIpc) is 3.39. The number of pyridine rings is 2. The number of fused-ring (bicyclic) bond motifs is 4. The predicted octanol–water partition coefficient (Wildman–Crippen LogP) is 2.40. The van der Waals surface area contributed by atoms with E-state index < -0.39 is 11.6 Å². The van der Waals surface area contributed by atoms with Crippen LogP contribution in [-0.4, -0.2) is 57.8 Å². The maximum absolute atomic E-state index is 14.4. The maximum Gasteiger partial charge on any atom is 0.281 e. The normalized spacial score (nSPS) is 16.6. The number of nitrogens with zero attached hydrogens (tertiary/aromatic N) is 4. The lowest BCUT2D eigenvalue weighted by Crippen LogP contribution is -2.43. The van der Waals surface area contributed by atoms with E-state index in [1.54, 1.807) is 10.6 Å². The molecule has 0 aliphatic carbocycles. The molecule has 1 fully saturated rings. The number of nitrogens with one attached hydrogen (secondary N) is 2. The molecule has 0 radical (unpaired) electrons. The molecule has 0 atom stereocenters. The quantitative estimate of drug-likeness (QED) is 0.407. The van der Waals surface area contributed by atoms with E-state index in [1.165, 1.54) is 24.5 Å². The summed E-state index contributed by atoms with van der Waals surface area (Å²) < 4.78 is 40.2. The van der Waals surface area contributed by atoms with Gasteiger partial charge in [0, 0.05) is 37.1 Å². The number of halogens is 2. The summed E-state index contributed by atoms with van der Waals surface area (Å²) in [6, 6.07) is 5.78. The van der Waals surface area contributed by atoms with Crippen molar-refractivity contribution in [1.29, 1.82) is 0 Å². The molecule has 12 heteroatoms. The number of carbonyl (C=O) groups is 1. The van der Waals surface area contributed by atoms with E-state index in [9.17, 15) is 18.4 Å². The van der Waals surface area contributed by atoms with E-state index in [2.05, 4.69) is 25.7 Å². The Morgan fingerprint density at radius 2 is 1.95 bits per heavy atom. The van der Waals surface area contributed by atoms with Gasteiger partial charge in [0.2, 0.25) is 0 Å². The zero-order valence-electron chi connectivity index (χ0n) is 19.8. The highest BCUT2D eigenvalue weighted by Crippen LogP contribution is 2.28. The standard InChI is InChI=1S/C25H24F2N6O4/c26-14-1-2-16-17-12-37-31-23(17)25(35)33(20(16)9-14)8-7-32-5-3-15(4-6-32)28-11-19-18(27)10-21-24(29-19)30-22(34)13-36-21/h1-2,9-10,12,15,28H,3-8,11,13H2,(H,29,30,34). The van der Waals surface area contributed by atoms with Crippen molar-refractivity contribution in [3.05, 3.63) is 58.2 Å². The molecule has 2 N–H and O–H groups in total. The summed E-state index contributed by atoms with van der Waals surface area (Å²) in [5.41, 5.74) is 0.655. The van der Waals surface area contributed by atoms with Crippen molar-refractivity contribution in [1.82, 2.24) is 24.9 Å². The first-order chi connectivity index (χ1) is 18.0. The van der Waals surface area contributed by atoms with Crippen molar-refractivity contribution in [2.75, 3.05) is 31.6 Å². The predicted molar refractivity (Wildman–Crippen MR) is 130 cm³/mol. The second kappa shape index (κ2) is 9.52. The van der Waals surface area contributed by atoms with Crippen LogP contribution in [0.4, 0.5) is 14.6 Å². The monoisotopic (exact) mass is 510 g/mol. The van der Waals surface area contributed by atoms with Crippen LogP contribution in [0.5, 0.6) is 5.75 Å². The summed E-state index contributed by atoms with van der Waals surface area (Å²) in [6.45, 7) is 2.65. The fourth-order valence-electron chi connectivity index (χ4n) is 4.99. The van der Waals surface area contributed by atoms with Gasteiger partial charge in [0.1, 0.15) is 17.9 Å². The molecule has 192 valence electrons. The summed E-state index contributed by atoms with van der Waals surface area (Å²) in [5.74, 6) is -0.762. The van der Waals surface area contributed by atoms with E-state index in [0.717, 1.165) is 25.9 Å². The Morgan fingerprint density at radius 1 is 1.11 bits per heavy atom. The van der Waals surface area contributed by atoms with Crippen molar-refractivity contribution < 1.29 is 22.8 Å². The molecule has 1 amide bonds. The summed E-state index contributed by atoms with van der Waals surface area (Å²) in [5, 5.41) is 11.1. The van der Waals surface area contributed by atoms with E-state index >= 15 is 0 Å². The number of hydrogen-bond donors (Lipinski definition) is 2. The SMILES string of the molecule is O=C1COc2cc(F)c(CNC3CCN(CCn4c(=O)c5nocc5c5ccc(F)cc54)CC3)nc2N1. The third kappa shape index (κ3) is 4.53. The first kappa shape index (κ1) is 23.5.